The third kappa shape index (κ3) is 6.47. The molecule has 1 heterocycles. The lowest BCUT2D eigenvalue weighted by Crippen LogP contribution is -2.33. The summed E-state index contributed by atoms with van der Waals surface area (Å²) >= 11 is 6.80. The molecular weight excluding hydrogens is 472 g/mol. The number of benzene rings is 3. The summed E-state index contributed by atoms with van der Waals surface area (Å²) in [5.74, 6) is -0.0618. The summed E-state index contributed by atoms with van der Waals surface area (Å²) in [5, 5.41) is 0. The zero-order chi connectivity index (χ0) is 24.6. The van der Waals surface area contributed by atoms with Gasteiger partial charge in [0.05, 0.1) is 11.4 Å². The Kier molecular flexibility index (Phi) is 8.50. The van der Waals surface area contributed by atoms with Gasteiger partial charge in [0, 0.05) is 18.7 Å². The monoisotopic (exact) mass is 500 g/mol. The van der Waals surface area contributed by atoms with E-state index in [9.17, 15) is 9.59 Å². The first kappa shape index (κ1) is 24.9. The van der Waals surface area contributed by atoms with Crippen LogP contribution in [0.1, 0.15) is 36.5 Å². The Morgan fingerprint density at radius 3 is 2.26 bits per heavy atom. The first-order chi connectivity index (χ1) is 17.0. The normalized spacial score (nSPS) is 14.5. The Bertz CT molecular complexity index is 1210. The highest BCUT2D eigenvalue weighted by Crippen LogP contribution is 2.33. The van der Waals surface area contributed by atoms with Crippen LogP contribution in [0.2, 0.25) is 0 Å². The van der Waals surface area contributed by atoms with Gasteiger partial charge in [-0.2, -0.15) is 0 Å². The van der Waals surface area contributed by atoms with E-state index in [0.717, 1.165) is 23.2 Å². The summed E-state index contributed by atoms with van der Waals surface area (Å²) in [4.78, 5) is 30.2. The van der Waals surface area contributed by atoms with Crippen LogP contribution in [-0.2, 0) is 22.6 Å². The number of carbonyl (C=O) groups is 2. The van der Waals surface area contributed by atoms with E-state index in [4.69, 9.17) is 12.2 Å². The van der Waals surface area contributed by atoms with Crippen molar-refractivity contribution in [1.29, 1.82) is 0 Å². The van der Waals surface area contributed by atoms with E-state index in [1.807, 2.05) is 78.9 Å². The summed E-state index contributed by atoms with van der Waals surface area (Å²) in [6.45, 7) is 3.05. The van der Waals surface area contributed by atoms with Gasteiger partial charge in [0.1, 0.15) is 4.32 Å². The molecule has 4 rings (SSSR count). The number of amides is 2. The van der Waals surface area contributed by atoms with Crippen LogP contribution in [0.3, 0.4) is 0 Å². The second-order valence-electron chi connectivity index (χ2n) is 8.33. The second kappa shape index (κ2) is 12.0. The Hall–Kier alpha value is -3.22. The molecule has 1 saturated heterocycles. The van der Waals surface area contributed by atoms with Crippen molar-refractivity contribution in [3.05, 3.63) is 107 Å². The first-order valence-corrected chi connectivity index (χ1v) is 13.0. The number of thiocarbonyl (C=S) groups is 1. The van der Waals surface area contributed by atoms with Gasteiger partial charge >= 0.3 is 0 Å². The van der Waals surface area contributed by atoms with Gasteiger partial charge in [-0.15, -0.1) is 0 Å². The highest BCUT2D eigenvalue weighted by Gasteiger charge is 2.31. The highest BCUT2D eigenvalue weighted by molar-refractivity contribution is 8.26. The number of nitrogens with zero attached hydrogens (tertiary/aromatic N) is 2. The van der Waals surface area contributed by atoms with E-state index < -0.39 is 0 Å². The van der Waals surface area contributed by atoms with Crippen molar-refractivity contribution in [2.75, 3.05) is 11.4 Å². The summed E-state index contributed by atoms with van der Waals surface area (Å²) in [6.07, 6.45) is 3.74. The summed E-state index contributed by atoms with van der Waals surface area (Å²) in [6, 6.07) is 27.9. The molecule has 6 heteroatoms. The molecule has 178 valence electrons. The number of hydrogen-bond donors (Lipinski definition) is 0. The second-order valence-corrected chi connectivity index (χ2v) is 10.0. The number of thioether (sulfide) groups is 1. The van der Waals surface area contributed by atoms with Gasteiger partial charge in [0.2, 0.25) is 5.91 Å². The molecule has 2 amide bonds. The third-order valence-corrected chi connectivity index (χ3v) is 7.26. The summed E-state index contributed by atoms with van der Waals surface area (Å²) in [5.41, 5.74) is 4.18. The standard InChI is InChI=1S/C29H28N2O2S2/c1-2-22-15-17-23(18-16-22)20-26-28(33)30(29(34)35-26)19-9-14-27(32)31(25-12-7-4-8-13-25)21-24-10-5-3-6-11-24/h3-8,10-13,15-18,20H,2,9,14,19,21H2,1H3/b26-20-. The molecule has 0 aliphatic carbocycles. The van der Waals surface area contributed by atoms with Crippen molar-refractivity contribution in [3.8, 4) is 0 Å². The van der Waals surface area contributed by atoms with E-state index in [2.05, 4.69) is 19.1 Å². The Balaban J connectivity index is 1.38. The fourth-order valence-corrected chi connectivity index (χ4v) is 5.22. The minimum absolute atomic E-state index is 0.0250. The van der Waals surface area contributed by atoms with Crippen molar-refractivity contribution < 1.29 is 9.59 Å². The maximum atomic E-state index is 13.2. The van der Waals surface area contributed by atoms with Crippen molar-refractivity contribution in [2.24, 2.45) is 0 Å². The fourth-order valence-electron chi connectivity index (χ4n) is 3.91. The average Bonchev–Trinajstić information content (AvgIpc) is 3.16. The van der Waals surface area contributed by atoms with E-state index >= 15 is 0 Å². The molecule has 0 bridgehead atoms. The molecule has 0 radical (unpaired) electrons. The molecular formula is C29H28N2O2S2. The van der Waals surface area contributed by atoms with Gasteiger partial charge in [-0.1, -0.05) is 104 Å². The summed E-state index contributed by atoms with van der Waals surface area (Å²) < 4.78 is 0.545. The van der Waals surface area contributed by atoms with E-state index in [1.54, 1.807) is 9.80 Å². The predicted octanol–water partition coefficient (Wildman–Crippen LogP) is 6.46. The van der Waals surface area contributed by atoms with Gasteiger partial charge in [-0.05, 0) is 47.7 Å². The van der Waals surface area contributed by atoms with Gasteiger partial charge in [0.15, 0.2) is 0 Å². The lowest BCUT2D eigenvalue weighted by Gasteiger charge is -2.24. The topological polar surface area (TPSA) is 40.6 Å². The van der Waals surface area contributed by atoms with Crippen LogP contribution in [0.5, 0.6) is 0 Å². The molecule has 0 atom stereocenters. The average molecular weight is 501 g/mol. The molecule has 1 aliphatic rings. The number of rotatable bonds is 9. The highest BCUT2D eigenvalue weighted by atomic mass is 32.2. The molecule has 1 fully saturated rings. The van der Waals surface area contributed by atoms with Crippen molar-refractivity contribution in [1.82, 2.24) is 4.90 Å². The number of aryl methyl sites for hydroxylation is 1. The van der Waals surface area contributed by atoms with Crippen molar-refractivity contribution in [2.45, 2.75) is 32.7 Å². The van der Waals surface area contributed by atoms with Gasteiger partial charge in [-0.25, -0.2) is 0 Å². The molecule has 0 saturated carbocycles. The number of para-hydroxylation sites is 1. The Morgan fingerprint density at radius 1 is 0.943 bits per heavy atom. The molecule has 0 N–H and O–H groups in total. The van der Waals surface area contributed by atoms with Crippen molar-refractivity contribution in [3.63, 3.8) is 0 Å². The zero-order valence-electron chi connectivity index (χ0n) is 19.7. The number of carbonyl (C=O) groups excluding carboxylic acids is 2. The van der Waals surface area contributed by atoms with Crippen LogP contribution < -0.4 is 4.90 Å². The van der Waals surface area contributed by atoms with E-state index in [0.29, 0.717) is 35.2 Å². The third-order valence-electron chi connectivity index (χ3n) is 5.88. The molecule has 0 unspecified atom stereocenters. The molecule has 35 heavy (non-hydrogen) atoms. The predicted molar refractivity (Wildman–Crippen MR) is 149 cm³/mol. The number of anilines is 1. The fraction of sp³-hybridized carbons (Fsp3) is 0.207. The molecule has 3 aromatic rings. The zero-order valence-corrected chi connectivity index (χ0v) is 21.4. The minimum Gasteiger partial charge on any atom is -0.308 e. The lowest BCUT2D eigenvalue weighted by molar-refractivity contribution is -0.123. The molecule has 1 aliphatic heterocycles. The summed E-state index contributed by atoms with van der Waals surface area (Å²) in [7, 11) is 0. The quantitative estimate of drug-likeness (QED) is 0.250. The molecule has 0 aromatic heterocycles. The van der Waals surface area contributed by atoms with E-state index in [-0.39, 0.29) is 11.8 Å². The smallest absolute Gasteiger partial charge is 0.266 e. The van der Waals surface area contributed by atoms with Crippen LogP contribution in [0, 0.1) is 0 Å². The molecule has 0 spiro atoms. The van der Waals surface area contributed by atoms with Crippen LogP contribution in [0.15, 0.2) is 89.8 Å². The van der Waals surface area contributed by atoms with Gasteiger partial charge in [0.25, 0.3) is 5.91 Å². The molecule has 4 nitrogen and oxygen atoms in total. The van der Waals surface area contributed by atoms with Crippen LogP contribution in [-0.4, -0.2) is 27.6 Å². The minimum atomic E-state index is -0.0868. The lowest BCUT2D eigenvalue weighted by atomic mass is 10.1. The van der Waals surface area contributed by atoms with Crippen LogP contribution in [0.4, 0.5) is 5.69 Å². The largest absolute Gasteiger partial charge is 0.308 e. The van der Waals surface area contributed by atoms with Crippen molar-refractivity contribution >= 4 is 51.9 Å². The Labute approximate surface area is 216 Å². The van der Waals surface area contributed by atoms with Crippen LogP contribution >= 0.6 is 24.0 Å². The maximum Gasteiger partial charge on any atom is 0.266 e. The van der Waals surface area contributed by atoms with Crippen LogP contribution in [0.25, 0.3) is 6.08 Å². The maximum absolute atomic E-state index is 13.2. The number of hydrogen-bond acceptors (Lipinski definition) is 4. The first-order valence-electron chi connectivity index (χ1n) is 11.8. The van der Waals surface area contributed by atoms with Gasteiger partial charge in [-0.3, -0.25) is 14.5 Å². The SMILES string of the molecule is CCc1ccc(/C=C2\SC(=S)N(CCCC(=O)N(Cc3ccccc3)c3ccccc3)C2=O)cc1. The van der Waals surface area contributed by atoms with Gasteiger partial charge < -0.3 is 4.90 Å². The molecule has 3 aromatic carbocycles. The van der Waals surface area contributed by atoms with E-state index in [1.165, 1.54) is 17.3 Å². The Morgan fingerprint density at radius 2 is 1.60 bits per heavy atom.